The first kappa shape index (κ1) is 11.2. The number of benzene rings is 1. The van der Waals surface area contributed by atoms with Gasteiger partial charge in [0.2, 0.25) is 0 Å². The van der Waals surface area contributed by atoms with Gasteiger partial charge in [0.05, 0.1) is 11.9 Å². The minimum Gasteiger partial charge on any atom is -0.284 e. The highest BCUT2D eigenvalue weighted by molar-refractivity contribution is 7.93. The molecule has 0 aliphatic carbocycles. The van der Waals surface area contributed by atoms with Crippen LogP contribution in [0.5, 0.6) is 0 Å². The molecule has 0 bridgehead atoms. The lowest BCUT2D eigenvalue weighted by atomic mass is 10.3. The molecule has 2 N–H and O–H groups in total. The fourth-order valence-electron chi connectivity index (χ4n) is 1.68. The molecule has 1 aromatic carbocycles. The average Bonchev–Trinajstić information content (AvgIpc) is 2.96. The zero-order chi connectivity index (χ0) is 12.6. The largest absolute Gasteiger partial charge is 0.284 e. The SMILES string of the molecule is O=S(=O)(Nc1cn[nH]c1)c1csc2ccccc12. The zero-order valence-electron chi connectivity index (χ0n) is 9.12. The smallest absolute Gasteiger partial charge is 0.263 e. The number of aromatic amines is 1. The highest BCUT2D eigenvalue weighted by Crippen LogP contribution is 2.30. The predicted octanol–water partition coefficient (Wildman–Crippen LogP) is 2.43. The van der Waals surface area contributed by atoms with Crippen LogP contribution in [0.4, 0.5) is 5.69 Å². The summed E-state index contributed by atoms with van der Waals surface area (Å²) in [5.41, 5.74) is 0.422. The molecule has 0 aliphatic heterocycles. The summed E-state index contributed by atoms with van der Waals surface area (Å²) in [5.74, 6) is 0. The first-order valence-corrected chi connectivity index (χ1v) is 7.51. The Morgan fingerprint density at radius 3 is 2.89 bits per heavy atom. The molecule has 0 saturated carbocycles. The van der Waals surface area contributed by atoms with Crippen LogP contribution in [0.15, 0.2) is 46.9 Å². The Morgan fingerprint density at radius 1 is 1.28 bits per heavy atom. The van der Waals surface area contributed by atoms with Gasteiger partial charge in [-0.1, -0.05) is 18.2 Å². The molecule has 0 saturated heterocycles. The van der Waals surface area contributed by atoms with Crippen molar-refractivity contribution in [2.24, 2.45) is 0 Å². The summed E-state index contributed by atoms with van der Waals surface area (Å²) < 4.78 is 27.9. The lowest BCUT2D eigenvalue weighted by Gasteiger charge is -2.04. The van der Waals surface area contributed by atoms with Crippen LogP contribution in [0.25, 0.3) is 10.1 Å². The van der Waals surface area contributed by atoms with Crippen molar-refractivity contribution in [3.8, 4) is 0 Å². The molecule has 2 heterocycles. The van der Waals surface area contributed by atoms with Crippen LogP contribution in [0.2, 0.25) is 0 Å². The number of hydrogen-bond donors (Lipinski definition) is 2. The summed E-state index contributed by atoms with van der Waals surface area (Å²) in [6.45, 7) is 0. The molecule has 0 fully saturated rings. The number of thiophene rings is 1. The molecule has 7 heteroatoms. The average molecular weight is 279 g/mol. The first-order valence-electron chi connectivity index (χ1n) is 5.15. The van der Waals surface area contributed by atoms with E-state index in [1.54, 1.807) is 11.4 Å². The Morgan fingerprint density at radius 2 is 2.11 bits per heavy atom. The van der Waals surface area contributed by atoms with Crippen molar-refractivity contribution in [1.29, 1.82) is 0 Å². The van der Waals surface area contributed by atoms with Gasteiger partial charge in [0.15, 0.2) is 0 Å². The molecular formula is C11H9N3O2S2. The van der Waals surface area contributed by atoms with E-state index >= 15 is 0 Å². The Hall–Kier alpha value is -1.86. The minimum atomic E-state index is -3.57. The fourth-order valence-corrected chi connectivity index (χ4v) is 4.22. The number of nitrogens with zero attached hydrogens (tertiary/aromatic N) is 1. The lowest BCUT2D eigenvalue weighted by Crippen LogP contribution is -2.11. The Kier molecular flexibility index (Phi) is 2.57. The third-order valence-electron chi connectivity index (χ3n) is 2.49. The van der Waals surface area contributed by atoms with Crippen molar-refractivity contribution in [2.45, 2.75) is 4.90 Å². The van der Waals surface area contributed by atoms with Crippen LogP contribution in [-0.4, -0.2) is 18.6 Å². The second kappa shape index (κ2) is 4.11. The molecule has 18 heavy (non-hydrogen) atoms. The molecule has 0 unspecified atom stereocenters. The second-order valence-electron chi connectivity index (χ2n) is 3.69. The Balaban J connectivity index is 2.08. The Bertz CT molecular complexity index is 776. The van der Waals surface area contributed by atoms with E-state index in [4.69, 9.17) is 0 Å². The van der Waals surface area contributed by atoms with Gasteiger partial charge >= 0.3 is 0 Å². The van der Waals surface area contributed by atoms with Gasteiger partial charge in [0, 0.05) is 21.7 Å². The van der Waals surface area contributed by atoms with Gasteiger partial charge in [-0.05, 0) is 6.07 Å². The van der Waals surface area contributed by atoms with Gasteiger partial charge in [0.25, 0.3) is 10.0 Å². The number of hydrogen-bond acceptors (Lipinski definition) is 4. The number of fused-ring (bicyclic) bond motifs is 1. The standard InChI is InChI=1S/C11H9N3O2S2/c15-18(16,14-8-5-12-13-6-8)11-7-17-10-4-2-1-3-9(10)11/h1-7,14H,(H,12,13). The summed E-state index contributed by atoms with van der Waals surface area (Å²) in [6, 6.07) is 7.41. The summed E-state index contributed by atoms with van der Waals surface area (Å²) in [5, 5.41) is 8.64. The molecule has 5 nitrogen and oxygen atoms in total. The van der Waals surface area contributed by atoms with E-state index in [9.17, 15) is 8.42 Å². The molecule has 0 spiro atoms. The van der Waals surface area contributed by atoms with Gasteiger partial charge < -0.3 is 0 Å². The third kappa shape index (κ3) is 1.87. The predicted molar refractivity (Wildman–Crippen MR) is 71.2 cm³/mol. The molecule has 3 aromatic rings. The maximum atomic E-state index is 12.2. The molecule has 2 aromatic heterocycles. The van der Waals surface area contributed by atoms with Crippen molar-refractivity contribution < 1.29 is 8.42 Å². The maximum absolute atomic E-state index is 12.2. The number of rotatable bonds is 3. The lowest BCUT2D eigenvalue weighted by molar-refractivity contribution is 0.602. The maximum Gasteiger partial charge on any atom is 0.263 e. The fraction of sp³-hybridized carbons (Fsp3) is 0. The van der Waals surface area contributed by atoms with E-state index in [2.05, 4.69) is 14.9 Å². The van der Waals surface area contributed by atoms with E-state index in [0.717, 1.165) is 10.1 Å². The van der Waals surface area contributed by atoms with Crippen LogP contribution >= 0.6 is 11.3 Å². The highest BCUT2D eigenvalue weighted by Gasteiger charge is 2.19. The van der Waals surface area contributed by atoms with Gasteiger partial charge in [-0.15, -0.1) is 11.3 Å². The van der Waals surface area contributed by atoms with Gasteiger partial charge in [-0.2, -0.15) is 5.10 Å². The summed E-state index contributed by atoms with van der Waals surface area (Å²) in [7, 11) is -3.57. The van der Waals surface area contributed by atoms with Gasteiger partial charge in [-0.25, -0.2) is 8.42 Å². The van der Waals surface area contributed by atoms with E-state index in [-0.39, 0.29) is 0 Å². The molecule has 0 atom stereocenters. The topological polar surface area (TPSA) is 74.8 Å². The summed E-state index contributed by atoms with van der Waals surface area (Å²) in [4.78, 5) is 0.296. The molecular weight excluding hydrogens is 270 g/mol. The van der Waals surface area contributed by atoms with Crippen molar-refractivity contribution in [1.82, 2.24) is 10.2 Å². The quantitative estimate of drug-likeness (QED) is 0.773. The zero-order valence-corrected chi connectivity index (χ0v) is 10.8. The molecule has 0 aliphatic rings. The number of H-pyrrole nitrogens is 1. The van der Waals surface area contributed by atoms with Gasteiger partial charge in [0.1, 0.15) is 4.90 Å². The number of sulfonamides is 1. The molecule has 0 amide bonds. The normalized spacial score (nSPS) is 11.8. The third-order valence-corrected chi connectivity index (χ3v) is 5.02. The second-order valence-corrected chi connectivity index (χ2v) is 6.25. The van der Waals surface area contributed by atoms with Crippen LogP contribution < -0.4 is 4.72 Å². The van der Waals surface area contributed by atoms with Crippen LogP contribution in [0, 0.1) is 0 Å². The van der Waals surface area contributed by atoms with E-state index in [1.165, 1.54) is 23.7 Å². The summed E-state index contributed by atoms with van der Waals surface area (Å²) in [6.07, 6.45) is 2.91. The van der Waals surface area contributed by atoms with Crippen molar-refractivity contribution in [3.63, 3.8) is 0 Å². The van der Waals surface area contributed by atoms with Crippen LogP contribution in [0.1, 0.15) is 0 Å². The molecule has 92 valence electrons. The number of nitrogens with one attached hydrogen (secondary N) is 2. The highest BCUT2D eigenvalue weighted by atomic mass is 32.2. The number of aromatic nitrogens is 2. The van der Waals surface area contributed by atoms with E-state index < -0.39 is 10.0 Å². The number of anilines is 1. The first-order chi connectivity index (χ1) is 8.67. The van der Waals surface area contributed by atoms with Crippen molar-refractivity contribution >= 4 is 37.1 Å². The minimum absolute atomic E-state index is 0.296. The van der Waals surface area contributed by atoms with Crippen LogP contribution in [-0.2, 0) is 10.0 Å². The van der Waals surface area contributed by atoms with Crippen molar-refractivity contribution in [2.75, 3.05) is 4.72 Å². The van der Waals surface area contributed by atoms with E-state index in [0.29, 0.717) is 10.6 Å². The summed E-state index contributed by atoms with van der Waals surface area (Å²) >= 11 is 1.41. The molecule has 3 rings (SSSR count). The Labute approximate surface area is 108 Å². The molecule has 0 radical (unpaired) electrons. The van der Waals surface area contributed by atoms with E-state index in [1.807, 2.05) is 18.2 Å². The monoisotopic (exact) mass is 279 g/mol. The van der Waals surface area contributed by atoms with Crippen LogP contribution in [0.3, 0.4) is 0 Å². The van der Waals surface area contributed by atoms with Crippen molar-refractivity contribution in [3.05, 3.63) is 42.0 Å². The van der Waals surface area contributed by atoms with Gasteiger partial charge in [-0.3, -0.25) is 9.82 Å².